The molecule has 1 aromatic rings. The number of rotatable bonds is 6. The molecule has 2 N–H and O–H groups in total. The van der Waals surface area contributed by atoms with Gasteiger partial charge in [-0.3, -0.25) is 14.9 Å². The Bertz CT molecular complexity index is 476. The summed E-state index contributed by atoms with van der Waals surface area (Å²) in [6.07, 6.45) is 0. The second-order valence-electron chi connectivity index (χ2n) is 3.84. The molecule has 1 amide bonds. The van der Waals surface area contributed by atoms with Crippen molar-refractivity contribution >= 4 is 17.3 Å². The summed E-state index contributed by atoms with van der Waals surface area (Å²) in [5.74, 6) is -0.309. The number of anilines is 1. The third-order valence-electron chi connectivity index (χ3n) is 2.75. The summed E-state index contributed by atoms with van der Waals surface area (Å²) < 4.78 is 0. The van der Waals surface area contributed by atoms with Crippen LogP contribution in [0.15, 0.2) is 18.2 Å². The summed E-state index contributed by atoms with van der Waals surface area (Å²) in [5, 5.41) is 22.5. The van der Waals surface area contributed by atoms with Gasteiger partial charge in [0.1, 0.15) is 5.69 Å². The number of aliphatic hydroxyl groups is 1. The molecule has 1 rings (SSSR count). The van der Waals surface area contributed by atoms with Crippen molar-refractivity contribution in [3.8, 4) is 0 Å². The molecular weight excluding hydrogens is 250 g/mol. The molecule has 104 valence electrons. The predicted molar refractivity (Wildman–Crippen MR) is 71.5 cm³/mol. The van der Waals surface area contributed by atoms with Crippen LogP contribution in [0.3, 0.4) is 0 Å². The monoisotopic (exact) mass is 267 g/mol. The van der Waals surface area contributed by atoms with Gasteiger partial charge in [-0.1, -0.05) is 0 Å². The van der Waals surface area contributed by atoms with Crippen LogP contribution in [0, 0.1) is 10.1 Å². The number of carbonyl (C=O) groups is 1. The predicted octanol–water partition coefficient (Wildman–Crippen LogP) is 0.773. The van der Waals surface area contributed by atoms with E-state index in [-0.39, 0.29) is 24.7 Å². The molecule has 0 unspecified atom stereocenters. The number of amides is 1. The zero-order chi connectivity index (χ0) is 14.4. The first-order valence-electron chi connectivity index (χ1n) is 5.91. The minimum Gasteiger partial charge on any atom is -0.395 e. The summed E-state index contributed by atoms with van der Waals surface area (Å²) >= 11 is 0. The number of carbonyl (C=O) groups excluding carboxylic acids is 1. The van der Waals surface area contributed by atoms with E-state index in [1.54, 1.807) is 4.90 Å². The number of hydrogen-bond donors (Lipinski definition) is 2. The van der Waals surface area contributed by atoms with Crippen LogP contribution in [0.2, 0.25) is 0 Å². The zero-order valence-corrected chi connectivity index (χ0v) is 10.9. The molecule has 0 aromatic heterocycles. The van der Waals surface area contributed by atoms with Crippen molar-refractivity contribution in [3.05, 3.63) is 33.9 Å². The lowest BCUT2D eigenvalue weighted by Crippen LogP contribution is -2.27. The van der Waals surface area contributed by atoms with Gasteiger partial charge in [-0.05, 0) is 19.1 Å². The highest BCUT2D eigenvalue weighted by Gasteiger charge is 2.20. The summed E-state index contributed by atoms with van der Waals surface area (Å²) in [5.41, 5.74) is 0.602. The molecule has 0 saturated carbocycles. The van der Waals surface area contributed by atoms with Crippen LogP contribution >= 0.6 is 0 Å². The van der Waals surface area contributed by atoms with E-state index >= 15 is 0 Å². The van der Waals surface area contributed by atoms with Crippen molar-refractivity contribution in [2.75, 3.05) is 31.6 Å². The van der Waals surface area contributed by atoms with Crippen LogP contribution in [-0.4, -0.2) is 42.7 Å². The third-order valence-corrected chi connectivity index (χ3v) is 2.75. The van der Waals surface area contributed by atoms with E-state index in [1.807, 2.05) is 6.92 Å². The highest BCUT2D eigenvalue weighted by Crippen LogP contribution is 2.29. The van der Waals surface area contributed by atoms with Gasteiger partial charge in [-0.2, -0.15) is 0 Å². The molecule has 0 fully saturated rings. The summed E-state index contributed by atoms with van der Waals surface area (Å²) in [6, 6.07) is 4.18. The summed E-state index contributed by atoms with van der Waals surface area (Å²) in [6.45, 7) is 2.48. The van der Waals surface area contributed by atoms with E-state index in [1.165, 1.54) is 25.2 Å². The lowest BCUT2D eigenvalue weighted by atomic mass is 10.1. The van der Waals surface area contributed by atoms with Gasteiger partial charge in [0.2, 0.25) is 0 Å². The Balaban J connectivity index is 3.29. The second-order valence-corrected chi connectivity index (χ2v) is 3.84. The largest absolute Gasteiger partial charge is 0.395 e. The standard InChI is InChI=1S/C12H17N3O4/c1-3-14(6-7-16)11-8-9(12(17)13-2)4-5-10(11)15(18)19/h4-5,8,16H,3,6-7H2,1-2H3,(H,13,17). The number of nitro groups is 1. The van der Waals surface area contributed by atoms with E-state index in [2.05, 4.69) is 5.32 Å². The molecule has 1 aromatic carbocycles. The molecule has 19 heavy (non-hydrogen) atoms. The Morgan fingerprint density at radius 3 is 2.68 bits per heavy atom. The summed E-state index contributed by atoms with van der Waals surface area (Å²) in [4.78, 5) is 23.7. The summed E-state index contributed by atoms with van der Waals surface area (Å²) in [7, 11) is 1.49. The minimum absolute atomic E-state index is 0.0806. The number of nitrogens with one attached hydrogen (secondary N) is 1. The number of likely N-dealkylation sites (N-methyl/N-ethyl adjacent to an activating group) is 1. The molecule has 0 aliphatic heterocycles. The van der Waals surface area contributed by atoms with Crippen molar-refractivity contribution in [1.29, 1.82) is 0 Å². The van der Waals surface area contributed by atoms with Crippen molar-refractivity contribution in [2.24, 2.45) is 0 Å². The highest BCUT2D eigenvalue weighted by atomic mass is 16.6. The first-order chi connectivity index (χ1) is 9.04. The molecule has 7 heteroatoms. The third kappa shape index (κ3) is 3.41. The van der Waals surface area contributed by atoms with E-state index < -0.39 is 4.92 Å². The van der Waals surface area contributed by atoms with Gasteiger partial charge in [-0.15, -0.1) is 0 Å². The fourth-order valence-corrected chi connectivity index (χ4v) is 1.79. The molecule has 0 bridgehead atoms. The molecule has 0 aliphatic rings. The quantitative estimate of drug-likeness (QED) is 0.586. The van der Waals surface area contributed by atoms with Crippen LogP contribution in [0.5, 0.6) is 0 Å². The Morgan fingerprint density at radius 1 is 1.53 bits per heavy atom. The van der Waals surface area contributed by atoms with Crippen LogP contribution in [0.4, 0.5) is 11.4 Å². The molecule has 0 spiro atoms. The topological polar surface area (TPSA) is 95.7 Å². The fraction of sp³-hybridized carbons (Fsp3) is 0.417. The lowest BCUT2D eigenvalue weighted by Gasteiger charge is -2.22. The number of nitro benzene ring substituents is 1. The second kappa shape index (κ2) is 6.69. The number of nitrogens with zero attached hydrogens (tertiary/aromatic N) is 2. The van der Waals surface area contributed by atoms with Gasteiger partial charge in [0.25, 0.3) is 11.6 Å². The van der Waals surface area contributed by atoms with E-state index in [0.29, 0.717) is 17.8 Å². The molecule has 0 aliphatic carbocycles. The van der Waals surface area contributed by atoms with Crippen LogP contribution in [-0.2, 0) is 0 Å². The van der Waals surface area contributed by atoms with Gasteiger partial charge >= 0.3 is 0 Å². The van der Waals surface area contributed by atoms with Gasteiger partial charge in [0.05, 0.1) is 11.5 Å². The molecule has 0 atom stereocenters. The molecule has 0 heterocycles. The van der Waals surface area contributed by atoms with Crippen LogP contribution < -0.4 is 10.2 Å². The van der Waals surface area contributed by atoms with Crippen molar-refractivity contribution in [1.82, 2.24) is 5.32 Å². The number of aliphatic hydroxyl groups excluding tert-OH is 1. The molecular formula is C12H17N3O4. The maximum absolute atomic E-state index is 11.6. The van der Waals surface area contributed by atoms with Crippen molar-refractivity contribution < 1.29 is 14.8 Å². The van der Waals surface area contributed by atoms with E-state index in [4.69, 9.17) is 5.11 Å². The van der Waals surface area contributed by atoms with Gasteiger partial charge in [-0.25, -0.2) is 0 Å². The fourth-order valence-electron chi connectivity index (χ4n) is 1.79. The minimum atomic E-state index is -0.497. The number of benzene rings is 1. The number of hydrogen-bond acceptors (Lipinski definition) is 5. The molecule has 0 radical (unpaired) electrons. The smallest absolute Gasteiger partial charge is 0.292 e. The first-order valence-corrected chi connectivity index (χ1v) is 5.91. The Morgan fingerprint density at radius 2 is 2.21 bits per heavy atom. The average Bonchev–Trinajstić information content (AvgIpc) is 2.43. The zero-order valence-electron chi connectivity index (χ0n) is 10.9. The van der Waals surface area contributed by atoms with Crippen molar-refractivity contribution in [2.45, 2.75) is 6.92 Å². The molecule has 7 nitrogen and oxygen atoms in total. The SMILES string of the molecule is CCN(CCO)c1cc(C(=O)NC)ccc1[N+](=O)[O-]. The van der Waals surface area contributed by atoms with Gasteiger partial charge in [0.15, 0.2) is 0 Å². The first kappa shape index (κ1) is 14.9. The van der Waals surface area contributed by atoms with Gasteiger partial charge in [0, 0.05) is 31.8 Å². The average molecular weight is 267 g/mol. The van der Waals surface area contributed by atoms with Gasteiger partial charge < -0.3 is 15.3 Å². The maximum atomic E-state index is 11.6. The normalized spacial score (nSPS) is 10.1. The highest BCUT2D eigenvalue weighted by molar-refractivity contribution is 5.95. The Hall–Kier alpha value is -2.15. The lowest BCUT2D eigenvalue weighted by molar-refractivity contribution is -0.384. The van der Waals surface area contributed by atoms with E-state index in [0.717, 1.165) is 0 Å². The molecule has 0 saturated heterocycles. The van der Waals surface area contributed by atoms with E-state index in [9.17, 15) is 14.9 Å². The van der Waals surface area contributed by atoms with Crippen LogP contribution in [0.1, 0.15) is 17.3 Å². The van der Waals surface area contributed by atoms with Crippen LogP contribution in [0.25, 0.3) is 0 Å². The Kier molecular flexibility index (Phi) is 5.25. The maximum Gasteiger partial charge on any atom is 0.292 e. The van der Waals surface area contributed by atoms with Crippen molar-refractivity contribution in [3.63, 3.8) is 0 Å². The Labute approximate surface area is 111 Å².